The van der Waals surface area contributed by atoms with Crippen LogP contribution in [0.2, 0.25) is 0 Å². The largest absolute Gasteiger partial charge is 0.482 e. The van der Waals surface area contributed by atoms with Crippen molar-refractivity contribution in [2.75, 3.05) is 25.0 Å². The molecule has 11 heteroatoms. The van der Waals surface area contributed by atoms with Gasteiger partial charge in [0.05, 0.1) is 5.69 Å². The molecule has 1 aliphatic heterocycles. The number of carbonyl (C=O) groups is 2. The maximum Gasteiger partial charge on any atom is 0.422 e. The van der Waals surface area contributed by atoms with Gasteiger partial charge < -0.3 is 15.0 Å². The molecule has 0 spiro atoms. The van der Waals surface area contributed by atoms with Gasteiger partial charge in [0, 0.05) is 36.6 Å². The van der Waals surface area contributed by atoms with E-state index in [1.807, 2.05) is 0 Å². The number of hydrogen-bond donors (Lipinski definition) is 1. The van der Waals surface area contributed by atoms with E-state index in [4.69, 9.17) is 4.74 Å². The highest BCUT2D eigenvalue weighted by atomic mass is 19.4. The van der Waals surface area contributed by atoms with E-state index in [1.54, 1.807) is 29.2 Å². The first-order chi connectivity index (χ1) is 17.6. The first kappa shape index (κ1) is 25.9. The number of carbonyl (C=O) groups excluding carboxylic acids is 2. The molecular formula is C26H23F4N3O4. The number of alkyl halides is 3. The molecule has 2 heterocycles. The highest BCUT2D eigenvalue weighted by Crippen LogP contribution is 2.26. The average molecular weight is 517 g/mol. The molecule has 0 atom stereocenters. The van der Waals surface area contributed by atoms with Crippen LogP contribution in [0.3, 0.4) is 0 Å². The fraction of sp³-hybridized carbons (Fsp3) is 0.269. The van der Waals surface area contributed by atoms with E-state index in [9.17, 15) is 31.9 Å². The summed E-state index contributed by atoms with van der Waals surface area (Å²) in [5.74, 6) is -2.23. The van der Waals surface area contributed by atoms with Crippen LogP contribution in [0.25, 0.3) is 5.69 Å². The Bertz CT molecular complexity index is 1350. The maximum absolute atomic E-state index is 13.7. The molecule has 0 saturated carbocycles. The third kappa shape index (κ3) is 6.35. The number of halogens is 4. The normalized spacial score (nSPS) is 13.8. The molecule has 1 saturated heterocycles. The highest BCUT2D eigenvalue weighted by molar-refractivity contribution is 6.04. The lowest BCUT2D eigenvalue weighted by molar-refractivity contribution is -0.153. The van der Waals surface area contributed by atoms with E-state index in [0.717, 1.165) is 42.0 Å². The zero-order valence-corrected chi connectivity index (χ0v) is 19.6. The highest BCUT2D eigenvalue weighted by Gasteiger charge is 2.29. The van der Waals surface area contributed by atoms with Crippen molar-refractivity contribution in [2.24, 2.45) is 0 Å². The van der Waals surface area contributed by atoms with Crippen LogP contribution in [-0.4, -0.2) is 47.2 Å². The average Bonchev–Trinajstić information content (AvgIpc) is 2.88. The molecule has 194 valence electrons. The molecular weight excluding hydrogens is 494 g/mol. The maximum atomic E-state index is 13.7. The Labute approximate surface area is 209 Å². The molecule has 0 bridgehead atoms. The minimum absolute atomic E-state index is 0.0913. The monoisotopic (exact) mass is 517 g/mol. The molecule has 0 unspecified atom stereocenters. The summed E-state index contributed by atoms with van der Waals surface area (Å²) in [7, 11) is 0. The number of hydrogen-bond acceptors (Lipinski definition) is 4. The van der Waals surface area contributed by atoms with Gasteiger partial charge in [0.1, 0.15) is 17.1 Å². The number of aromatic nitrogens is 1. The minimum Gasteiger partial charge on any atom is -0.482 e. The Morgan fingerprint density at radius 2 is 1.68 bits per heavy atom. The number of nitrogens with one attached hydrogen (secondary N) is 1. The number of likely N-dealkylation sites (tertiary alicyclic amines) is 1. The third-order valence-electron chi connectivity index (χ3n) is 5.80. The van der Waals surface area contributed by atoms with Crippen molar-refractivity contribution in [2.45, 2.75) is 25.4 Å². The molecule has 2 amide bonds. The predicted molar refractivity (Wildman–Crippen MR) is 128 cm³/mol. The molecule has 3 aromatic rings. The standard InChI is InChI=1S/C26H23F4N3O4/c27-18-8-11-21(22(15-18)37-16-26(28,29)30)33-14-4-5-20(25(33)36)23(34)31-19-9-6-17(7-10-19)24(35)32-12-2-1-3-13-32/h4-11,14-15H,1-3,12-13,16H2,(H,31,34). The van der Waals surface area contributed by atoms with Gasteiger partial charge in [-0.1, -0.05) is 0 Å². The van der Waals surface area contributed by atoms with Gasteiger partial charge in [-0.15, -0.1) is 0 Å². The van der Waals surface area contributed by atoms with E-state index in [-0.39, 0.29) is 17.2 Å². The van der Waals surface area contributed by atoms with Crippen LogP contribution in [0.1, 0.15) is 40.0 Å². The lowest BCUT2D eigenvalue weighted by atomic mass is 10.1. The van der Waals surface area contributed by atoms with E-state index < -0.39 is 35.8 Å². The Balaban J connectivity index is 1.53. The predicted octanol–water partition coefficient (Wildman–Crippen LogP) is 4.80. The minimum atomic E-state index is -4.68. The van der Waals surface area contributed by atoms with Crippen molar-refractivity contribution in [1.82, 2.24) is 9.47 Å². The SMILES string of the molecule is O=C(Nc1ccc(C(=O)N2CCCCC2)cc1)c1cccn(-c2ccc(F)cc2OCC(F)(F)F)c1=O. The number of rotatable bonds is 6. The zero-order valence-electron chi connectivity index (χ0n) is 19.6. The number of pyridine rings is 1. The lowest BCUT2D eigenvalue weighted by Gasteiger charge is -2.26. The van der Waals surface area contributed by atoms with Crippen LogP contribution in [0.15, 0.2) is 65.6 Å². The van der Waals surface area contributed by atoms with Gasteiger partial charge in [0.25, 0.3) is 17.4 Å². The van der Waals surface area contributed by atoms with E-state index in [2.05, 4.69) is 5.32 Å². The lowest BCUT2D eigenvalue weighted by Crippen LogP contribution is -2.35. The van der Waals surface area contributed by atoms with Crippen molar-refractivity contribution in [3.05, 3.63) is 88.1 Å². The van der Waals surface area contributed by atoms with E-state index in [0.29, 0.717) is 24.3 Å². The second-order valence-electron chi connectivity index (χ2n) is 8.50. The summed E-state index contributed by atoms with van der Waals surface area (Å²) >= 11 is 0. The Kier molecular flexibility index (Phi) is 7.61. The molecule has 2 aromatic carbocycles. The summed E-state index contributed by atoms with van der Waals surface area (Å²) in [6.45, 7) is -0.280. The summed E-state index contributed by atoms with van der Waals surface area (Å²) < 4.78 is 57.2. The van der Waals surface area contributed by atoms with Crippen LogP contribution >= 0.6 is 0 Å². The molecule has 0 radical (unpaired) electrons. The van der Waals surface area contributed by atoms with Gasteiger partial charge in [-0.05, 0) is 67.8 Å². The van der Waals surface area contributed by atoms with Gasteiger partial charge in [-0.25, -0.2) is 4.39 Å². The fourth-order valence-electron chi connectivity index (χ4n) is 3.99. The van der Waals surface area contributed by atoms with Gasteiger partial charge in [-0.3, -0.25) is 19.0 Å². The zero-order chi connectivity index (χ0) is 26.6. The van der Waals surface area contributed by atoms with Crippen LogP contribution in [-0.2, 0) is 0 Å². The number of nitrogens with zero attached hydrogens (tertiary/aromatic N) is 2. The molecule has 1 fully saturated rings. The van der Waals surface area contributed by atoms with Gasteiger partial charge >= 0.3 is 6.18 Å². The van der Waals surface area contributed by atoms with Crippen molar-refractivity contribution in [1.29, 1.82) is 0 Å². The first-order valence-corrected chi connectivity index (χ1v) is 11.5. The number of benzene rings is 2. The topological polar surface area (TPSA) is 80.6 Å². The van der Waals surface area contributed by atoms with Gasteiger partial charge in [0.15, 0.2) is 6.61 Å². The summed E-state index contributed by atoms with van der Waals surface area (Å²) in [5, 5.41) is 2.58. The Morgan fingerprint density at radius 3 is 2.35 bits per heavy atom. The number of anilines is 1. The third-order valence-corrected chi connectivity index (χ3v) is 5.80. The molecule has 1 aromatic heterocycles. The van der Waals surface area contributed by atoms with Crippen LogP contribution in [0.5, 0.6) is 5.75 Å². The molecule has 0 aliphatic carbocycles. The quantitative estimate of drug-likeness (QED) is 0.477. The molecule has 7 nitrogen and oxygen atoms in total. The van der Waals surface area contributed by atoms with Crippen LogP contribution < -0.4 is 15.6 Å². The number of ether oxygens (including phenoxy) is 1. The first-order valence-electron chi connectivity index (χ1n) is 11.5. The van der Waals surface area contributed by atoms with Gasteiger partial charge in [-0.2, -0.15) is 13.2 Å². The van der Waals surface area contributed by atoms with Crippen molar-refractivity contribution < 1.29 is 31.9 Å². The van der Waals surface area contributed by atoms with Crippen molar-refractivity contribution in [3.8, 4) is 11.4 Å². The van der Waals surface area contributed by atoms with Crippen molar-refractivity contribution >= 4 is 17.5 Å². The number of piperidine rings is 1. The fourth-order valence-corrected chi connectivity index (χ4v) is 3.99. The van der Waals surface area contributed by atoms with Crippen LogP contribution in [0, 0.1) is 5.82 Å². The second kappa shape index (κ2) is 10.9. The Morgan fingerprint density at radius 1 is 0.973 bits per heavy atom. The van der Waals surface area contributed by atoms with Gasteiger partial charge in [0.2, 0.25) is 0 Å². The summed E-state index contributed by atoms with van der Waals surface area (Å²) in [4.78, 5) is 40.3. The van der Waals surface area contributed by atoms with Crippen molar-refractivity contribution in [3.63, 3.8) is 0 Å². The molecule has 37 heavy (non-hydrogen) atoms. The van der Waals surface area contributed by atoms with Crippen LogP contribution in [0.4, 0.5) is 23.2 Å². The smallest absolute Gasteiger partial charge is 0.422 e. The second-order valence-corrected chi connectivity index (χ2v) is 8.50. The molecule has 1 aliphatic rings. The summed E-state index contributed by atoms with van der Waals surface area (Å²) in [6.07, 6.45) is -0.429. The number of amides is 2. The van der Waals surface area contributed by atoms with E-state index in [1.165, 1.54) is 18.3 Å². The molecule has 1 N–H and O–H groups in total. The molecule has 4 rings (SSSR count). The summed E-state index contributed by atoms with van der Waals surface area (Å²) in [6, 6.07) is 11.6. The Hall–Kier alpha value is -4.15. The van der Waals surface area contributed by atoms with E-state index >= 15 is 0 Å². The summed E-state index contributed by atoms with van der Waals surface area (Å²) in [5.41, 5.74) is -0.496.